The maximum atomic E-state index is 11.1. The van der Waals surface area contributed by atoms with Crippen LogP contribution in [0.3, 0.4) is 0 Å². The maximum absolute atomic E-state index is 11.1. The number of oxazole rings is 1. The van der Waals surface area contributed by atoms with Crippen molar-refractivity contribution in [2.24, 2.45) is 11.8 Å². The zero-order chi connectivity index (χ0) is 14.2. The number of carboxylic acids is 1. The van der Waals surface area contributed by atoms with E-state index in [-0.39, 0.29) is 17.3 Å². The van der Waals surface area contributed by atoms with E-state index < -0.39 is 5.97 Å². The summed E-state index contributed by atoms with van der Waals surface area (Å²) in [4.78, 5) is 17.5. The molecule has 0 saturated carbocycles. The van der Waals surface area contributed by atoms with Crippen LogP contribution in [0.1, 0.15) is 39.3 Å². The van der Waals surface area contributed by atoms with Crippen LogP contribution >= 0.6 is 0 Å². The minimum atomic E-state index is -0.710. The Morgan fingerprint density at radius 1 is 1.53 bits per heavy atom. The molecule has 0 aliphatic carbocycles. The molecule has 5 heteroatoms. The number of nitrogens with zero attached hydrogens (tertiary/aromatic N) is 2. The second-order valence-electron chi connectivity index (χ2n) is 6.48. The first-order chi connectivity index (χ1) is 8.77. The molecule has 5 nitrogen and oxygen atoms in total. The predicted molar refractivity (Wildman–Crippen MR) is 70.8 cm³/mol. The molecule has 0 radical (unpaired) electrons. The van der Waals surface area contributed by atoms with Crippen molar-refractivity contribution >= 4 is 5.97 Å². The van der Waals surface area contributed by atoms with Crippen LogP contribution in [0.5, 0.6) is 0 Å². The second-order valence-corrected chi connectivity index (χ2v) is 6.48. The largest absolute Gasteiger partial charge is 0.481 e. The van der Waals surface area contributed by atoms with Crippen LogP contribution in [-0.4, -0.2) is 34.0 Å². The molecule has 0 aromatic carbocycles. The number of rotatable bonds is 3. The lowest BCUT2D eigenvalue weighted by atomic mass is 9.94. The molecule has 2 atom stereocenters. The molecule has 1 aliphatic heterocycles. The average Bonchev–Trinajstić information content (AvgIpc) is 2.85. The topological polar surface area (TPSA) is 66.6 Å². The van der Waals surface area contributed by atoms with Gasteiger partial charge in [0.25, 0.3) is 0 Å². The number of carbonyl (C=O) groups is 1. The fourth-order valence-corrected chi connectivity index (χ4v) is 2.44. The summed E-state index contributed by atoms with van der Waals surface area (Å²) < 4.78 is 5.74. The van der Waals surface area contributed by atoms with Crippen LogP contribution in [0.15, 0.2) is 10.6 Å². The Labute approximate surface area is 113 Å². The summed E-state index contributed by atoms with van der Waals surface area (Å²) in [5.74, 6) is 0.720. The lowest BCUT2D eigenvalue weighted by Crippen LogP contribution is -2.23. The third kappa shape index (κ3) is 3.15. The number of hydrogen-bond donors (Lipinski definition) is 1. The third-order valence-corrected chi connectivity index (χ3v) is 3.66. The van der Waals surface area contributed by atoms with Crippen molar-refractivity contribution < 1.29 is 14.3 Å². The van der Waals surface area contributed by atoms with E-state index in [1.54, 1.807) is 6.20 Å². The number of carboxylic acid groups (broad SMARTS) is 1. The van der Waals surface area contributed by atoms with Crippen LogP contribution in [0.2, 0.25) is 0 Å². The van der Waals surface area contributed by atoms with Crippen LogP contribution < -0.4 is 0 Å². The summed E-state index contributed by atoms with van der Waals surface area (Å²) >= 11 is 0. The second kappa shape index (κ2) is 4.96. The lowest BCUT2D eigenvalue weighted by molar-refractivity contribution is -0.142. The van der Waals surface area contributed by atoms with Gasteiger partial charge in [-0.3, -0.25) is 9.69 Å². The summed E-state index contributed by atoms with van der Waals surface area (Å²) in [5, 5.41) is 9.11. The molecule has 1 fully saturated rings. The van der Waals surface area contributed by atoms with E-state index in [4.69, 9.17) is 9.52 Å². The Morgan fingerprint density at radius 2 is 2.21 bits per heavy atom. The van der Waals surface area contributed by atoms with Gasteiger partial charge in [0.05, 0.1) is 18.7 Å². The molecule has 0 spiro atoms. The minimum Gasteiger partial charge on any atom is -0.481 e. The molecule has 19 heavy (non-hydrogen) atoms. The molecule has 1 aromatic heterocycles. The monoisotopic (exact) mass is 266 g/mol. The molecule has 0 amide bonds. The van der Waals surface area contributed by atoms with E-state index in [0.717, 1.165) is 12.3 Å². The van der Waals surface area contributed by atoms with Crippen LogP contribution in [0.25, 0.3) is 0 Å². The smallest absolute Gasteiger partial charge is 0.308 e. The van der Waals surface area contributed by atoms with E-state index in [1.165, 1.54) is 0 Å². The summed E-state index contributed by atoms with van der Waals surface area (Å²) in [7, 11) is 0. The number of aliphatic carboxylic acids is 1. The number of aromatic nitrogens is 1. The van der Waals surface area contributed by atoms with Crippen LogP contribution in [-0.2, 0) is 16.8 Å². The van der Waals surface area contributed by atoms with E-state index in [1.807, 2.05) is 6.92 Å². The predicted octanol–water partition coefficient (Wildman–Crippen LogP) is 2.12. The van der Waals surface area contributed by atoms with Gasteiger partial charge >= 0.3 is 5.97 Å². The van der Waals surface area contributed by atoms with Gasteiger partial charge in [-0.15, -0.1) is 0 Å². The van der Waals surface area contributed by atoms with Crippen molar-refractivity contribution in [1.29, 1.82) is 0 Å². The fourth-order valence-electron chi connectivity index (χ4n) is 2.44. The molecule has 0 unspecified atom stereocenters. The third-order valence-electron chi connectivity index (χ3n) is 3.66. The maximum Gasteiger partial charge on any atom is 0.308 e. The highest BCUT2D eigenvalue weighted by Crippen LogP contribution is 2.26. The molecular formula is C14H22N2O3. The van der Waals surface area contributed by atoms with Crippen LogP contribution in [0.4, 0.5) is 0 Å². The van der Waals surface area contributed by atoms with E-state index in [9.17, 15) is 4.79 Å². The normalized spacial score (nSPS) is 24.8. The van der Waals surface area contributed by atoms with Crippen molar-refractivity contribution in [2.75, 3.05) is 13.1 Å². The molecular weight excluding hydrogens is 244 g/mol. The molecule has 1 aromatic rings. The van der Waals surface area contributed by atoms with Gasteiger partial charge in [-0.05, 0) is 5.92 Å². The molecule has 106 valence electrons. The standard InChI is InChI=1S/C14H22N2O3/c1-9-6-16(7-10(9)13(17)18)8-12-15-5-11(19-12)14(2,3)4/h5,9-10H,6-8H2,1-4H3,(H,17,18)/t9-,10-/m1/s1. The lowest BCUT2D eigenvalue weighted by Gasteiger charge is -2.14. The zero-order valence-electron chi connectivity index (χ0n) is 12.0. The van der Waals surface area contributed by atoms with Gasteiger partial charge < -0.3 is 9.52 Å². The van der Waals surface area contributed by atoms with Gasteiger partial charge in [0.15, 0.2) is 0 Å². The van der Waals surface area contributed by atoms with Gasteiger partial charge in [-0.2, -0.15) is 0 Å². The first-order valence-corrected chi connectivity index (χ1v) is 6.67. The SMILES string of the molecule is C[C@@H]1CN(Cc2ncc(C(C)(C)C)o2)C[C@H]1C(=O)O. The van der Waals surface area contributed by atoms with Crippen molar-refractivity contribution in [1.82, 2.24) is 9.88 Å². The first kappa shape index (κ1) is 14.1. The first-order valence-electron chi connectivity index (χ1n) is 6.67. The summed E-state index contributed by atoms with van der Waals surface area (Å²) in [6.07, 6.45) is 1.77. The highest BCUT2D eigenvalue weighted by atomic mass is 16.4. The van der Waals surface area contributed by atoms with E-state index in [2.05, 4.69) is 30.7 Å². The van der Waals surface area contributed by atoms with Gasteiger partial charge in [0.2, 0.25) is 5.89 Å². The highest BCUT2D eigenvalue weighted by molar-refractivity contribution is 5.71. The molecule has 1 N–H and O–H groups in total. The Bertz CT molecular complexity index is 462. The summed E-state index contributed by atoms with van der Waals surface area (Å²) in [5.41, 5.74) is -0.0485. The highest BCUT2D eigenvalue weighted by Gasteiger charge is 2.35. The van der Waals surface area contributed by atoms with Gasteiger partial charge in [0, 0.05) is 18.5 Å². The van der Waals surface area contributed by atoms with Crippen LogP contribution in [0, 0.1) is 11.8 Å². The van der Waals surface area contributed by atoms with Gasteiger partial charge in [-0.25, -0.2) is 4.98 Å². The minimum absolute atomic E-state index is 0.0485. The Hall–Kier alpha value is -1.36. The Balaban J connectivity index is 1.99. The number of likely N-dealkylation sites (tertiary alicyclic amines) is 1. The zero-order valence-corrected chi connectivity index (χ0v) is 12.0. The van der Waals surface area contributed by atoms with E-state index in [0.29, 0.717) is 19.0 Å². The molecule has 1 aliphatic rings. The van der Waals surface area contributed by atoms with Crippen molar-refractivity contribution in [2.45, 2.75) is 39.7 Å². The Morgan fingerprint density at radius 3 is 2.68 bits per heavy atom. The summed E-state index contributed by atoms with van der Waals surface area (Å²) in [6, 6.07) is 0. The number of hydrogen-bond acceptors (Lipinski definition) is 4. The van der Waals surface area contributed by atoms with Gasteiger partial charge in [-0.1, -0.05) is 27.7 Å². The van der Waals surface area contributed by atoms with Crippen molar-refractivity contribution in [3.8, 4) is 0 Å². The van der Waals surface area contributed by atoms with E-state index >= 15 is 0 Å². The molecule has 2 heterocycles. The van der Waals surface area contributed by atoms with Crippen molar-refractivity contribution in [3.05, 3.63) is 17.8 Å². The quantitative estimate of drug-likeness (QED) is 0.907. The fraction of sp³-hybridized carbons (Fsp3) is 0.714. The molecule has 2 rings (SSSR count). The Kier molecular flexibility index (Phi) is 3.67. The summed E-state index contributed by atoms with van der Waals surface area (Å²) in [6.45, 7) is 10.2. The molecule has 0 bridgehead atoms. The average molecular weight is 266 g/mol. The van der Waals surface area contributed by atoms with Gasteiger partial charge in [0.1, 0.15) is 5.76 Å². The molecule has 1 saturated heterocycles. The van der Waals surface area contributed by atoms with Crippen molar-refractivity contribution in [3.63, 3.8) is 0 Å².